The number of halogens is 2. The van der Waals surface area contributed by atoms with Crippen LogP contribution in [0.1, 0.15) is 31.2 Å². The quantitative estimate of drug-likeness (QED) is 0.897. The fourth-order valence-corrected chi connectivity index (χ4v) is 2.55. The van der Waals surface area contributed by atoms with E-state index in [0.717, 1.165) is 31.2 Å². The molecule has 1 amide bonds. The lowest BCUT2D eigenvalue weighted by Crippen LogP contribution is -2.40. The van der Waals surface area contributed by atoms with E-state index in [4.69, 9.17) is 5.73 Å². The number of carbonyl (C=O) groups excluding carboxylic acids is 1. The Hall–Kier alpha value is -1.13. The summed E-state index contributed by atoms with van der Waals surface area (Å²) in [6.07, 6.45) is 3.62. The Balaban J connectivity index is 0.00000180. The second-order valence-corrected chi connectivity index (χ2v) is 5.13. The van der Waals surface area contributed by atoms with E-state index in [1.807, 2.05) is 6.92 Å². The molecule has 1 saturated carbocycles. The van der Waals surface area contributed by atoms with Gasteiger partial charge in [-0.3, -0.25) is 4.79 Å². The molecule has 0 aliphatic heterocycles. The zero-order valence-corrected chi connectivity index (χ0v) is 11.9. The van der Waals surface area contributed by atoms with Gasteiger partial charge in [0, 0.05) is 6.54 Å². The van der Waals surface area contributed by atoms with Gasteiger partial charge in [0.1, 0.15) is 5.82 Å². The van der Waals surface area contributed by atoms with Gasteiger partial charge >= 0.3 is 0 Å². The maximum absolute atomic E-state index is 13.7. The predicted octanol–water partition coefficient (Wildman–Crippen LogP) is 3.01. The molecule has 5 heteroatoms. The minimum absolute atomic E-state index is 0. The zero-order valence-electron chi connectivity index (χ0n) is 11.0. The smallest absolute Gasteiger partial charge is 0.231 e. The van der Waals surface area contributed by atoms with E-state index in [1.54, 1.807) is 12.1 Å². The van der Waals surface area contributed by atoms with Crippen molar-refractivity contribution in [3.8, 4) is 0 Å². The second-order valence-electron chi connectivity index (χ2n) is 5.13. The molecule has 1 aliphatic carbocycles. The number of rotatable bonds is 3. The Morgan fingerprint density at radius 2 is 2.05 bits per heavy atom. The number of hydrogen-bond donors (Lipinski definition) is 2. The molecular formula is C14H20ClFN2O. The second kappa shape index (κ2) is 6.35. The first-order chi connectivity index (χ1) is 8.57. The first kappa shape index (κ1) is 15.9. The number of hydrogen-bond acceptors (Lipinski definition) is 2. The standard InChI is InChI=1S/C14H19FN2O.ClH/c1-10-4-5-12(11(15)8-10)17-13(18)14(9-16)6-2-3-7-14;/h4-5,8H,2-3,6-7,9,16H2,1H3,(H,17,18);1H. The maximum atomic E-state index is 13.7. The molecule has 1 aromatic rings. The van der Waals surface area contributed by atoms with Crippen molar-refractivity contribution < 1.29 is 9.18 Å². The largest absolute Gasteiger partial charge is 0.329 e. The lowest BCUT2D eigenvalue weighted by atomic mass is 9.85. The van der Waals surface area contributed by atoms with Crippen LogP contribution in [-0.4, -0.2) is 12.5 Å². The topological polar surface area (TPSA) is 55.1 Å². The van der Waals surface area contributed by atoms with E-state index in [-0.39, 0.29) is 24.0 Å². The van der Waals surface area contributed by atoms with E-state index >= 15 is 0 Å². The van der Waals surface area contributed by atoms with Crippen molar-refractivity contribution >= 4 is 24.0 Å². The van der Waals surface area contributed by atoms with Gasteiger partial charge in [0.05, 0.1) is 11.1 Å². The summed E-state index contributed by atoms with van der Waals surface area (Å²) in [5, 5.41) is 2.68. The van der Waals surface area contributed by atoms with Crippen LogP contribution >= 0.6 is 12.4 Å². The fourth-order valence-electron chi connectivity index (χ4n) is 2.55. The summed E-state index contributed by atoms with van der Waals surface area (Å²) in [5.41, 5.74) is 6.30. The van der Waals surface area contributed by atoms with Gasteiger partial charge in [-0.25, -0.2) is 4.39 Å². The highest BCUT2D eigenvalue weighted by Gasteiger charge is 2.39. The first-order valence-electron chi connectivity index (χ1n) is 6.35. The minimum Gasteiger partial charge on any atom is -0.329 e. The van der Waals surface area contributed by atoms with Crippen LogP contribution in [0.5, 0.6) is 0 Å². The van der Waals surface area contributed by atoms with Crippen LogP contribution < -0.4 is 11.1 Å². The number of aryl methyl sites for hydroxylation is 1. The average Bonchev–Trinajstić information content (AvgIpc) is 2.82. The Morgan fingerprint density at radius 1 is 1.42 bits per heavy atom. The van der Waals surface area contributed by atoms with E-state index in [1.165, 1.54) is 6.07 Å². The molecule has 19 heavy (non-hydrogen) atoms. The summed E-state index contributed by atoms with van der Waals surface area (Å²) in [6.45, 7) is 2.14. The highest BCUT2D eigenvalue weighted by molar-refractivity contribution is 5.95. The molecular weight excluding hydrogens is 267 g/mol. The number of nitrogens with one attached hydrogen (secondary N) is 1. The molecule has 3 nitrogen and oxygen atoms in total. The third-order valence-electron chi connectivity index (χ3n) is 3.81. The third kappa shape index (κ3) is 3.25. The Labute approximate surface area is 119 Å². The number of amides is 1. The predicted molar refractivity (Wildman–Crippen MR) is 77.0 cm³/mol. The summed E-state index contributed by atoms with van der Waals surface area (Å²) in [4.78, 5) is 12.2. The monoisotopic (exact) mass is 286 g/mol. The molecule has 1 aliphatic rings. The molecule has 0 unspecified atom stereocenters. The van der Waals surface area contributed by atoms with Gasteiger partial charge in [0.2, 0.25) is 5.91 Å². The van der Waals surface area contributed by atoms with Crippen LogP contribution in [0, 0.1) is 18.2 Å². The van der Waals surface area contributed by atoms with Crippen molar-refractivity contribution in [3.63, 3.8) is 0 Å². The summed E-state index contributed by atoms with van der Waals surface area (Å²) < 4.78 is 13.7. The Kier molecular flexibility index (Phi) is 5.32. The van der Waals surface area contributed by atoms with Crippen LogP contribution in [0.15, 0.2) is 18.2 Å². The molecule has 0 saturated heterocycles. The molecule has 0 spiro atoms. The highest BCUT2D eigenvalue weighted by Crippen LogP contribution is 2.38. The van der Waals surface area contributed by atoms with Crippen LogP contribution in [0.2, 0.25) is 0 Å². The molecule has 0 radical (unpaired) electrons. The van der Waals surface area contributed by atoms with Gasteiger partial charge in [-0.2, -0.15) is 0 Å². The van der Waals surface area contributed by atoms with Crippen molar-refractivity contribution in [1.82, 2.24) is 0 Å². The molecule has 3 N–H and O–H groups in total. The fraction of sp³-hybridized carbons (Fsp3) is 0.500. The highest BCUT2D eigenvalue weighted by atomic mass is 35.5. The van der Waals surface area contributed by atoms with Gasteiger partial charge in [0.15, 0.2) is 0 Å². The molecule has 2 rings (SSSR count). The molecule has 1 aromatic carbocycles. The van der Waals surface area contributed by atoms with Crippen LogP contribution in [0.25, 0.3) is 0 Å². The van der Waals surface area contributed by atoms with Crippen LogP contribution in [0.4, 0.5) is 10.1 Å². The minimum atomic E-state index is -0.503. The average molecular weight is 287 g/mol. The van der Waals surface area contributed by atoms with E-state index in [9.17, 15) is 9.18 Å². The number of nitrogens with two attached hydrogens (primary N) is 1. The summed E-state index contributed by atoms with van der Waals surface area (Å²) >= 11 is 0. The molecule has 0 heterocycles. The SMILES string of the molecule is Cc1ccc(NC(=O)C2(CN)CCCC2)c(F)c1.Cl. The maximum Gasteiger partial charge on any atom is 0.231 e. The van der Waals surface area contributed by atoms with Gasteiger partial charge in [0.25, 0.3) is 0 Å². The lowest BCUT2D eigenvalue weighted by molar-refractivity contribution is -0.124. The first-order valence-corrected chi connectivity index (χ1v) is 6.35. The molecule has 0 aromatic heterocycles. The van der Waals surface area contributed by atoms with E-state index in [2.05, 4.69) is 5.32 Å². The van der Waals surface area contributed by atoms with Gasteiger partial charge in [-0.15, -0.1) is 12.4 Å². The number of carbonyl (C=O) groups is 1. The van der Waals surface area contributed by atoms with Crippen molar-refractivity contribution in [3.05, 3.63) is 29.6 Å². The van der Waals surface area contributed by atoms with Crippen molar-refractivity contribution in [2.75, 3.05) is 11.9 Å². The Morgan fingerprint density at radius 3 is 2.58 bits per heavy atom. The van der Waals surface area contributed by atoms with E-state index < -0.39 is 11.2 Å². The van der Waals surface area contributed by atoms with Crippen molar-refractivity contribution in [1.29, 1.82) is 0 Å². The molecule has 0 atom stereocenters. The normalized spacial score (nSPS) is 16.8. The van der Waals surface area contributed by atoms with Crippen LogP contribution in [-0.2, 0) is 4.79 Å². The Bertz CT molecular complexity index is 459. The molecule has 1 fully saturated rings. The molecule has 106 valence electrons. The van der Waals surface area contributed by atoms with Crippen molar-refractivity contribution in [2.45, 2.75) is 32.6 Å². The summed E-state index contributed by atoms with van der Waals surface area (Å²) in [6, 6.07) is 4.80. The third-order valence-corrected chi connectivity index (χ3v) is 3.81. The van der Waals surface area contributed by atoms with E-state index in [0.29, 0.717) is 6.54 Å². The van der Waals surface area contributed by atoms with Crippen molar-refractivity contribution in [2.24, 2.45) is 11.1 Å². The number of benzene rings is 1. The van der Waals surface area contributed by atoms with Gasteiger partial charge in [-0.05, 0) is 37.5 Å². The zero-order chi connectivity index (χ0) is 13.2. The number of anilines is 1. The summed E-state index contributed by atoms with van der Waals surface area (Å²) in [7, 11) is 0. The van der Waals surface area contributed by atoms with Gasteiger partial charge < -0.3 is 11.1 Å². The van der Waals surface area contributed by atoms with Gasteiger partial charge in [-0.1, -0.05) is 18.9 Å². The summed E-state index contributed by atoms with van der Waals surface area (Å²) in [5.74, 6) is -0.543. The lowest BCUT2D eigenvalue weighted by Gasteiger charge is -2.25. The van der Waals surface area contributed by atoms with Crippen LogP contribution in [0.3, 0.4) is 0 Å². The molecule has 0 bridgehead atoms.